The van der Waals surface area contributed by atoms with Gasteiger partial charge in [-0.2, -0.15) is 0 Å². The first-order valence-corrected chi connectivity index (χ1v) is 3.71. The fourth-order valence-corrected chi connectivity index (χ4v) is 1.14. The third kappa shape index (κ3) is 1.67. The molecule has 0 aliphatic rings. The molecular formula is C7H3Cl2F3. The van der Waals surface area contributed by atoms with Gasteiger partial charge in [-0.25, -0.2) is 13.2 Å². The number of hydrogen-bond acceptors (Lipinski definition) is 0. The van der Waals surface area contributed by atoms with Gasteiger partial charge in [0.2, 0.25) is 0 Å². The molecule has 0 radical (unpaired) electrons. The summed E-state index contributed by atoms with van der Waals surface area (Å²) in [5, 5.41) is -0.665. The normalized spacial score (nSPS) is 10.8. The molecule has 12 heavy (non-hydrogen) atoms. The molecule has 0 unspecified atom stereocenters. The molecule has 1 rings (SSSR count). The molecule has 0 heterocycles. The van der Waals surface area contributed by atoms with Crippen LogP contribution in [0.15, 0.2) is 12.1 Å². The van der Waals surface area contributed by atoms with E-state index in [1.807, 2.05) is 0 Å². The van der Waals surface area contributed by atoms with Gasteiger partial charge in [-0.15, -0.1) is 0 Å². The lowest BCUT2D eigenvalue weighted by Gasteiger charge is -2.04. The average Bonchev–Trinajstić information content (AvgIpc) is 1.97. The Bertz CT molecular complexity index is 299. The molecule has 0 fully saturated rings. The first-order chi connectivity index (χ1) is 5.54. The van der Waals surface area contributed by atoms with Crippen molar-refractivity contribution in [1.82, 2.24) is 0 Å². The Labute approximate surface area is 76.9 Å². The van der Waals surface area contributed by atoms with E-state index in [1.54, 1.807) is 0 Å². The van der Waals surface area contributed by atoms with Gasteiger partial charge >= 0.3 is 0 Å². The first-order valence-electron chi connectivity index (χ1n) is 2.95. The maximum atomic E-state index is 12.8. The van der Waals surface area contributed by atoms with Crippen LogP contribution in [-0.2, 0) is 0 Å². The van der Waals surface area contributed by atoms with Crippen molar-refractivity contribution >= 4 is 23.2 Å². The van der Waals surface area contributed by atoms with Crippen LogP contribution in [0.5, 0.6) is 0 Å². The van der Waals surface area contributed by atoms with Crippen molar-refractivity contribution in [3.8, 4) is 0 Å². The Kier molecular flexibility index (Phi) is 2.85. The highest BCUT2D eigenvalue weighted by Gasteiger charge is 2.19. The van der Waals surface area contributed by atoms with Crippen molar-refractivity contribution in [3.63, 3.8) is 0 Å². The SMILES string of the molecule is Fc1c(Cl)ccc(Cl)c1C(F)F. The monoisotopic (exact) mass is 214 g/mol. The van der Waals surface area contributed by atoms with E-state index in [0.29, 0.717) is 0 Å². The number of halogens is 5. The Hall–Kier alpha value is -0.410. The largest absolute Gasteiger partial charge is 0.268 e. The van der Waals surface area contributed by atoms with Crippen LogP contribution in [0.2, 0.25) is 10.0 Å². The van der Waals surface area contributed by atoms with Gasteiger partial charge in [-0.3, -0.25) is 0 Å². The van der Waals surface area contributed by atoms with Gasteiger partial charge in [0, 0.05) is 0 Å². The quantitative estimate of drug-likeness (QED) is 0.619. The van der Waals surface area contributed by atoms with Crippen LogP contribution in [-0.4, -0.2) is 0 Å². The van der Waals surface area contributed by atoms with Gasteiger partial charge in [-0.1, -0.05) is 23.2 Å². The van der Waals surface area contributed by atoms with E-state index in [-0.39, 0.29) is 10.0 Å². The van der Waals surface area contributed by atoms with Crippen LogP contribution in [0.4, 0.5) is 13.2 Å². The van der Waals surface area contributed by atoms with Gasteiger partial charge in [0.25, 0.3) is 6.43 Å². The van der Waals surface area contributed by atoms with Crippen LogP contribution in [0, 0.1) is 5.82 Å². The van der Waals surface area contributed by atoms with E-state index in [4.69, 9.17) is 23.2 Å². The summed E-state index contributed by atoms with van der Waals surface area (Å²) in [6.45, 7) is 0. The minimum absolute atomic E-state index is 0.313. The third-order valence-corrected chi connectivity index (χ3v) is 1.92. The molecule has 0 spiro atoms. The van der Waals surface area contributed by atoms with Gasteiger partial charge < -0.3 is 0 Å². The van der Waals surface area contributed by atoms with Crippen molar-refractivity contribution in [3.05, 3.63) is 33.6 Å². The maximum absolute atomic E-state index is 12.8. The summed E-state index contributed by atoms with van der Waals surface area (Å²) in [5.74, 6) is -1.15. The molecule has 0 amide bonds. The lowest BCUT2D eigenvalue weighted by atomic mass is 10.2. The molecule has 1 aromatic rings. The lowest BCUT2D eigenvalue weighted by Crippen LogP contribution is -1.92. The molecule has 0 aromatic heterocycles. The van der Waals surface area contributed by atoms with Crippen LogP contribution in [0.25, 0.3) is 0 Å². The van der Waals surface area contributed by atoms with E-state index < -0.39 is 17.8 Å². The Morgan fingerprint density at radius 2 is 1.58 bits per heavy atom. The fraction of sp³-hybridized carbons (Fsp3) is 0.143. The topological polar surface area (TPSA) is 0 Å². The van der Waals surface area contributed by atoms with E-state index >= 15 is 0 Å². The van der Waals surface area contributed by atoms with E-state index in [0.717, 1.165) is 12.1 Å². The van der Waals surface area contributed by atoms with Gasteiger partial charge in [-0.05, 0) is 12.1 Å². The van der Waals surface area contributed by atoms with E-state index in [1.165, 1.54) is 0 Å². The van der Waals surface area contributed by atoms with Crippen LogP contribution < -0.4 is 0 Å². The zero-order valence-electron chi connectivity index (χ0n) is 5.62. The molecule has 0 aliphatic heterocycles. The predicted octanol–water partition coefficient (Wildman–Crippen LogP) is 4.07. The zero-order chi connectivity index (χ0) is 9.30. The highest BCUT2D eigenvalue weighted by molar-refractivity contribution is 6.33. The standard InChI is InChI=1S/C7H3Cl2F3/c8-3-1-2-4(9)6(10)5(3)7(11)12/h1-2,7H. The second-order valence-corrected chi connectivity index (χ2v) is 2.87. The van der Waals surface area contributed by atoms with Crippen LogP contribution in [0.1, 0.15) is 12.0 Å². The molecule has 0 saturated heterocycles. The molecule has 5 heteroatoms. The lowest BCUT2D eigenvalue weighted by molar-refractivity contribution is 0.146. The van der Waals surface area contributed by atoms with Gasteiger partial charge in [0.1, 0.15) is 0 Å². The third-order valence-electron chi connectivity index (χ3n) is 1.30. The highest BCUT2D eigenvalue weighted by atomic mass is 35.5. The summed E-state index contributed by atoms with van der Waals surface area (Å²) >= 11 is 10.6. The number of hydrogen-bond donors (Lipinski definition) is 0. The molecular weight excluding hydrogens is 212 g/mol. The first kappa shape index (κ1) is 9.68. The molecule has 1 aromatic carbocycles. The van der Waals surface area contributed by atoms with Crippen LogP contribution >= 0.6 is 23.2 Å². The number of alkyl halides is 2. The second-order valence-electron chi connectivity index (χ2n) is 2.06. The van der Waals surface area contributed by atoms with Crippen molar-refractivity contribution < 1.29 is 13.2 Å². The Morgan fingerprint density at radius 3 is 2.00 bits per heavy atom. The maximum Gasteiger partial charge on any atom is 0.268 e. The summed E-state index contributed by atoms with van der Waals surface area (Å²) < 4.78 is 37.0. The average molecular weight is 215 g/mol. The predicted molar refractivity (Wildman–Crippen MR) is 41.4 cm³/mol. The Balaban J connectivity index is 3.33. The van der Waals surface area contributed by atoms with Crippen molar-refractivity contribution in [2.75, 3.05) is 0 Å². The highest BCUT2D eigenvalue weighted by Crippen LogP contribution is 2.32. The molecule has 0 N–H and O–H groups in total. The minimum Gasteiger partial charge on any atom is -0.205 e. The molecule has 66 valence electrons. The van der Waals surface area contributed by atoms with Crippen molar-refractivity contribution in [2.45, 2.75) is 6.43 Å². The van der Waals surface area contributed by atoms with E-state index in [2.05, 4.69) is 0 Å². The van der Waals surface area contributed by atoms with Gasteiger partial charge in [0.15, 0.2) is 5.82 Å². The summed E-state index contributed by atoms with van der Waals surface area (Å²) in [7, 11) is 0. The summed E-state index contributed by atoms with van der Waals surface area (Å²) in [6, 6.07) is 2.26. The molecule has 0 nitrogen and oxygen atoms in total. The van der Waals surface area contributed by atoms with Crippen LogP contribution in [0.3, 0.4) is 0 Å². The summed E-state index contributed by atoms with van der Waals surface area (Å²) in [4.78, 5) is 0. The van der Waals surface area contributed by atoms with E-state index in [9.17, 15) is 13.2 Å². The smallest absolute Gasteiger partial charge is 0.205 e. The van der Waals surface area contributed by atoms with Crippen molar-refractivity contribution in [1.29, 1.82) is 0 Å². The van der Waals surface area contributed by atoms with Gasteiger partial charge in [0.05, 0.1) is 15.6 Å². The number of benzene rings is 1. The molecule has 0 aliphatic carbocycles. The Morgan fingerprint density at radius 1 is 1.08 bits per heavy atom. The molecule has 0 atom stereocenters. The second kappa shape index (κ2) is 3.54. The molecule has 0 bridgehead atoms. The minimum atomic E-state index is -2.95. The fourth-order valence-electron chi connectivity index (χ4n) is 0.743. The zero-order valence-corrected chi connectivity index (χ0v) is 7.13. The van der Waals surface area contributed by atoms with Crippen molar-refractivity contribution in [2.24, 2.45) is 0 Å². The summed E-state index contributed by atoms with van der Waals surface area (Å²) in [6.07, 6.45) is -2.95. The number of rotatable bonds is 1. The molecule has 0 saturated carbocycles. The summed E-state index contributed by atoms with van der Waals surface area (Å²) in [5.41, 5.74) is -0.843.